The van der Waals surface area contributed by atoms with Gasteiger partial charge in [-0.05, 0) is 31.0 Å². The molecule has 96 valence electrons. The number of aromatic nitrogens is 1. The summed E-state index contributed by atoms with van der Waals surface area (Å²) in [7, 11) is 0. The van der Waals surface area contributed by atoms with Crippen LogP contribution in [-0.4, -0.2) is 17.6 Å². The first kappa shape index (κ1) is 14.2. The molecule has 0 radical (unpaired) electrons. The largest absolute Gasteiger partial charge is 0.314 e. The molecule has 0 bridgehead atoms. The van der Waals surface area contributed by atoms with E-state index in [1.54, 1.807) is 0 Å². The third kappa shape index (κ3) is 4.12. The molecular formula is C15H26N2. The zero-order valence-corrected chi connectivity index (χ0v) is 11.7. The summed E-state index contributed by atoms with van der Waals surface area (Å²) in [5.74, 6) is 0.747. The van der Waals surface area contributed by atoms with Crippen molar-refractivity contribution in [2.24, 2.45) is 5.92 Å². The maximum Gasteiger partial charge on any atom is 0.0448 e. The molecule has 1 heterocycles. The van der Waals surface area contributed by atoms with Gasteiger partial charge in [0.25, 0.3) is 0 Å². The molecule has 2 heteroatoms. The molecule has 0 saturated carbocycles. The zero-order chi connectivity index (χ0) is 12.7. The normalized spacial score (nSPS) is 13.0. The van der Waals surface area contributed by atoms with E-state index in [2.05, 4.69) is 44.1 Å². The number of hydrogen-bond acceptors (Lipinski definition) is 2. The summed E-state index contributed by atoms with van der Waals surface area (Å²) in [6.07, 6.45) is 5.42. The van der Waals surface area contributed by atoms with Crippen LogP contribution in [0, 0.1) is 12.8 Å². The molecule has 1 N–H and O–H groups in total. The fourth-order valence-corrected chi connectivity index (χ4v) is 2.47. The number of rotatable bonds is 7. The van der Waals surface area contributed by atoms with Gasteiger partial charge in [0.15, 0.2) is 0 Å². The summed E-state index contributed by atoms with van der Waals surface area (Å²) >= 11 is 0. The predicted molar refractivity (Wildman–Crippen MR) is 74.2 cm³/mol. The highest BCUT2D eigenvalue weighted by Crippen LogP contribution is 2.18. The maximum atomic E-state index is 4.51. The topological polar surface area (TPSA) is 24.9 Å². The van der Waals surface area contributed by atoms with E-state index in [9.17, 15) is 0 Å². The molecule has 1 unspecified atom stereocenters. The number of aryl methyl sites for hydroxylation is 1. The summed E-state index contributed by atoms with van der Waals surface area (Å²) in [6.45, 7) is 9.93. The Morgan fingerprint density at radius 2 is 1.94 bits per heavy atom. The third-order valence-electron chi connectivity index (χ3n) is 3.62. The van der Waals surface area contributed by atoms with Gasteiger partial charge >= 0.3 is 0 Å². The van der Waals surface area contributed by atoms with Crippen LogP contribution in [0.5, 0.6) is 0 Å². The molecule has 0 aliphatic heterocycles. The standard InChI is InChI=1S/C15H26N2/c1-5-13(6-2)15(16-7-3)11-14-12(4)9-8-10-17-14/h8-10,13,15-16H,5-7,11H2,1-4H3. The molecular weight excluding hydrogens is 208 g/mol. The fraction of sp³-hybridized carbons (Fsp3) is 0.667. The minimum absolute atomic E-state index is 0.559. The van der Waals surface area contributed by atoms with Crippen LogP contribution >= 0.6 is 0 Å². The van der Waals surface area contributed by atoms with Gasteiger partial charge in [-0.15, -0.1) is 0 Å². The van der Waals surface area contributed by atoms with Gasteiger partial charge in [0, 0.05) is 24.4 Å². The van der Waals surface area contributed by atoms with Crippen LogP contribution in [0.3, 0.4) is 0 Å². The van der Waals surface area contributed by atoms with Crippen molar-refractivity contribution in [2.45, 2.75) is 53.0 Å². The van der Waals surface area contributed by atoms with Gasteiger partial charge in [-0.3, -0.25) is 4.98 Å². The van der Waals surface area contributed by atoms with Crippen molar-refractivity contribution in [1.29, 1.82) is 0 Å². The Morgan fingerprint density at radius 1 is 1.24 bits per heavy atom. The maximum absolute atomic E-state index is 4.51. The van der Waals surface area contributed by atoms with Crippen LogP contribution in [-0.2, 0) is 6.42 Å². The Balaban J connectivity index is 2.75. The van der Waals surface area contributed by atoms with E-state index in [1.165, 1.54) is 24.1 Å². The molecule has 0 fully saturated rings. The summed E-state index contributed by atoms with van der Waals surface area (Å²) < 4.78 is 0. The van der Waals surface area contributed by atoms with Gasteiger partial charge in [-0.2, -0.15) is 0 Å². The summed E-state index contributed by atoms with van der Waals surface area (Å²) in [5.41, 5.74) is 2.55. The van der Waals surface area contributed by atoms with Gasteiger partial charge in [0.05, 0.1) is 0 Å². The first-order valence-corrected chi connectivity index (χ1v) is 6.86. The van der Waals surface area contributed by atoms with E-state index in [-0.39, 0.29) is 0 Å². The number of nitrogens with zero attached hydrogens (tertiary/aromatic N) is 1. The van der Waals surface area contributed by atoms with Gasteiger partial charge in [-0.25, -0.2) is 0 Å². The zero-order valence-electron chi connectivity index (χ0n) is 11.7. The van der Waals surface area contributed by atoms with E-state index in [4.69, 9.17) is 0 Å². The van der Waals surface area contributed by atoms with Crippen molar-refractivity contribution in [1.82, 2.24) is 10.3 Å². The summed E-state index contributed by atoms with van der Waals surface area (Å²) in [5, 5.41) is 3.62. The first-order valence-electron chi connectivity index (χ1n) is 6.86. The lowest BCUT2D eigenvalue weighted by Crippen LogP contribution is -2.38. The van der Waals surface area contributed by atoms with Crippen LogP contribution < -0.4 is 5.32 Å². The smallest absolute Gasteiger partial charge is 0.0448 e. The molecule has 0 aromatic carbocycles. The van der Waals surface area contributed by atoms with E-state index in [0.717, 1.165) is 18.9 Å². The van der Waals surface area contributed by atoms with Crippen LogP contribution in [0.4, 0.5) is 0 Å². The van der Waals surface area contributed by atoms with Crippen LogP contribution in [0.25, 0.3) is 0 Å². The average Bonchev–Trinajstić information content (AvgIpc) is 2.34. The quantitative estimate of drug-likeness (QED) is 0.782. The molecule has 0 aliphatic carbocycles. The molecule has 1 atom stereocenters. The van der Waals surface area contributed by atoms with E-state index >= 15 is 0 Å². The Bertz CT molecular complexity index is 318. The predicted octanol–water partition coefficient (Wildman–Crippen LogP) is 3.35. The second-order valence-electron chi connectivity index (χ2n) is 4.71. The molecule has 17 heavy (non-hydrogen) atoms. The Kier molecular flexibility index (Phi) is 6.20. The van der Waals surface area contributed by atoms with Gasteiger partial charge in [-0.1, -0.05) is 39.7 Å². The fourth-order valence-electron chi connectivity index (χ4n) is 2.47. The third-order valence-corrected chi connectivity index (χ3v) is 3.62. The monoisotopic (exact) mass is 234 g/mol. The van der Waals surface area contributed by atoms with Crippen LogP contribution in [0.2, 0.25) is 0 Å². The highest BCUT2D eigenvalue weighted by atomic mass is 14.9. The Morgan fingerprint density at radius 3 is 2.47 bits per heavy atom. The first-order chi connectivity index (χ1) is 8.22. The summed E-state index contributed by atoms with van der Waals surface area (Å²) in [6, 6.07) is 4.72. The SMILES string of the molecule is CCNC(Cc1ncccc1C)C(CC)CC. The van der Waals surface area contributed by atoms with Crippen molar-refractivity contribution in [3.63, 3.8) is 0 Å². The van der Waals surface area contributed by atoms with Crippen molar-refractivity contribution in [3.05, 3.63) is 29.6 Å². The van der Waals surface area contributed by atoms with Crippen molar-refractivity contribution in [3.8, 4) is 0 Å². The second kappa shape index (κ2) is 7.44. The average molecular weight is 234 g/mol. The Labute approximate surface area is 106 Å². The minimum Gasteiger partial charge on any atom is -0.314 e. The lowest BCUT2D eigenvalue weighted by molar-refractivity contribution is 0.334. The number of pyridine rings is 1. The van der Waals surface area contributed by atoms with Crippen molar-refractivity contribution < 1.29 is 0 Å². The van der Waals surface area contributed by atoms with E-state index < -0.39 is 0 Å². The molecule has 1 aromatic rings. The highest BCUT2D eigenvalue weighted by molar-refractivity contribution is 5.18. The molecule has 0 aliphatic rings. The van der Waals surface area contributed by atoms with Gasteiger partial charge in [0.2, 0.25) is 0 Å². The van der Waals surface area contributed by atoms with Crippen molar-refractivity contribution in [2.75, 3.05) is 6.54 Å². The lowest BCUT2D eigenvalue weighted by atomic mass is 9.90. The molecule has 0 saturated heterocycles. The van der Waals surface area contributed by atoms with Crippen molar-refractivity contribution >= 4 is 0 Å². The molecule has 1 rings (SSSR count). The van der Waals surface area contributed by atoms with Gasteiger partial charge < -0.3 is 5.32 Å². The molecule has 0 amide bonds. The lowest BCUT2D eigenvalue weighted by Gasteiger charge is -2.26. The highest BCUT2D eigenvalue weighted by Gasteiger charge is 2.18. The number of likely N-dealkylation sites (N-methyl/N-ethyl adjacent to an activating group) is 1. The van der Waals surface area contributed by atoms with Crippen LogP contribution in [0.15, 0.2) is 18.3 Å². The Hall–Kier alpha value is -0.890. The van der Waals surface area contributed by atoms with E-state index in [1.807, 2.05) is 12.3 Å². The molecule has 2 nitrogen and oxygen atoms in total. The number of nitrogens with one attached hydrogen (secondary N) is 1. The minimum atomic E-state index is 0.559. The molecule has 0 spiro atoms. The second-order valence-corrected chi connectivity index (χ2v) is 4.71. The van der Waals surface area contributed by atoms with Gasteiger partial charge in [0.1, 0.15) is 0 Å². The van der Waals surface area contributed by atoms with E-state index in [0.29, 0.717) is 6.04 Å². The molecule has 1 aromatic heterocycles. The number of hydrogen-bond donors (Lipinski definition) is 1. The summed E-state index contributed by atoms with van der Waals surface area (Å²) in [4.78, 5) is 4.51. The van der Waals surface area contributed by atoms with Crippen LogP contribution in [0.1, 0.15) is 44.9 Å².